The molecule has 0 aromatic carbocycles. The van der Waals surface area contributed by atoms with E-state index in [1.807, 2.05) is 6.92 Å². The van der Waals surface area contributed by atoms with E-state index >= 15 is 0 Å². The van der Waals surface area contributed by atoms with E-state index in [2.05, 4.69) is 0 Å². The van der Waals surface area contributed by atoms with Crippen LogP contribution < -0.4 is 11.5 Å². The molecule has 0 amide bonds. The van der Waals surface area contributed by atoms with Crippen molar-refractivity contribution in [2.24, 2.45) is 11.5 Å². The first kappa shape index (κ1) is 16.5. The van der Waals surface area contributed by atoms with E-state index in [4.69, 9.17) is 16.6 Å². The first-order valence-corrected chi connectivity index (χ1v) is 5.22. The van der Waals surface area contributed by atoms with E-state index in [1.165, 1.54) is 0 Å². The average Bonchev–Trinajstić information content (AvgIpc) is 2.20. The number of hydrogen-bond donors (Lipinski definition) is 3. The molecule has 0 bridgehead atoms. The molecule has 15 heavy (non-hydrogen) atoms. The zero-order valence-corrected chi connectivity index (χ0v) is 9.32. The van der Waals surface area contributed by atoms with Crippen molar-refractivity contribution in [2.75, 3.05) is 6.54 Å². The van der Waals surface area contributed by atoms with Crippen LogP contribution in [-0.2, 0) is 9.59 Å². The minimum atomic E-state index is -0.933. The van der Waals surface area contributed by atoms with Crippen LogP contribution in [0, 0.1) is 0 Å². The van der Waals surface area contributed by atoms with E-state index in [0.717, 1.165) is 25.5 Å². The molecule has 0 aliphatic rings. The molecule has 1 atom stereocenters. The molecule has 0 spiro atoms. The second-order valence-electron chi connectivity index (χ2n) is 3.18. The van der Waals surface area contributed by atoms with Crippen LogP contribution in [0.2, 0.25) is 0 Å². The fourth-order valence-corrected chi connectivity index (χ4v) is 0.750. The quantitative estimate of drug-likeness (QED) is 0.426. The molecule has 0 aliphatic carbocycles. The normalized spacial score (nSPS) is 11.1. The number of unbranched alkanes of at least 4 members (excludes halogenated alkanes) is 2. The lowest BCUT2D eigenvalue weighted by molar-refractivity contribution is -0.138. The molecule has 0 radical (unpaired) electrons. The van der Waals surface area contributed by atoms with Gasteiger partial charge in [-0.15, -0.1) is 0 Å². The predicted octanol–water partition coefficient (Wildman–Crippen LogP) is 0.513. The highest BCUT2D eigenvalue weighted by atomic mass is 16.4. The van der Waals surface area contributed by atoms with Gasteiger partial charge < -0.3 is 21.4 Å². The Kier molecular flexibility index (Phi) is 14.4. The van der Waals surface area contributed by atoms with Crippen molar-refractivity contribution < 1.29 is 14.7 Å². The van der Waals surface area contributed by atoms with Crippen LogP contribution in [0.3, 0.4) is 0 Å². The van der Waals surface area contributed by atoms with Crippen LogP contribution in [0.5, 0.6) is 0 Å². The van der Waals surface area contributed by atoms with Gasteiger partial charge in [-0.05, 0) is 25.8 Å². The van der Waals surface area contributed by atoms with Crippen molar-refractivity contribution >= 4 is 12.3 Å². The summed E-state index contributed by atoms with van der Waals surface area (Å²) < 4.78 is 0. The molecule has 0 aliphatic heterocycles. The van der Waals surface area contributed by atoms with Gasteiger partial charge in [0.05, 0.1) is 0 Å². The Morgan fingerprint density at radius 2 is 2.07 bits per heavy atom. The lowest BCUT2D eigenvalue weighted by atomic mass is 10.1. The van der Waals surface area contributed by atoms with Crippen molar-refractivity contribution in [3.63, 3.8) is 0 Å². The molecule has 5 N–H and O–H groups in total. The molecule has 0 saturated carbocycles. The standard InChI is InChI=1S/C6H14N2O2.C4H8O/c7-4-2-1-3-5(8)6(9)10;1-2-3-4-5/h5H,1-4,7-8H2,(H,9,10);4H,2-3H2,1H3. The third-order valence-corrected chi connectivity index (χ3v) is 1.69. The zero-order valence-electron chi connectivity index (χ0n) is 9.32. The summed E-state index contributed by atoms with van der Waals surface area (Å²) in [6.45, 7) is 2.58. The van der Waals surface area contributed by atoms with Crippen molar-refractivity contribution in [1.29, 1.82) is 0 Å². The highest BCUT2D eigenvalue weighted by molar-refractivity contribution is 5.72. The summed E-state index contributed by atoms with van der Waals surface area (Å²) in [7, 11) is 0. The van der Waals surface area contributed by atoms with Crippen LogP contribution in [-0.4, -0.2) is 29.9 Å². The second kappa shape index (κ2) is 13.1. The van der Waals surface area contributed by atoms with Crippen LogP contribution >= 0.6 is 0 Å². The van der Waals surface area contributed by atoms with Gasteiger partial charge in [0, 0.05) is 6.42 Å². The van der Waals surface area contributed by atoms with Gasteiger partial charge in [0.1, 0.15) is 12.3 Å². The summed E-state index contributed by atoms with van der Waals surface area (Å²) >= 11 is 0. The summed E-state index contributed by atoms with van der Waals surface area (Å²) in [4.78, 5) is 19.5. The van der Waals surface area contributed by atoms with Gasteiger partial charge in [0.15, 0.2) is 0 Å². The Labute approximate surface area is 90.8 Å². The molecule has 0 aromatic rings. The fraction of sp³-hybridized carbons (Fsp3) is 0.800. The van der Waals surface area contributed by atoms with Crippen LogP contribution in [0.4, 0.5) is 0 Å². The van der Waals surface area contributed by atoms with Crippen LogP contribution in [0.25, 0.3) is 0 Å². The fourth-order valence-electron chi connectivity index (χ4n) is 0.750. The highest BCUT2D eigenvalue weighted by Crippen LogP contribution is 1.96. The number of hydrogen-bond acceptors (Lipinski definition) is 4. The molecule has 5 nitrogen and oxygen atoms in total. The van der Waals surface area contributed by atoms with Crippen LogP contribution in [0.1, 0.15) is 39.0 Å². The number of carboxylic acids is 1. The maximum atomic E-state index is 10.1. The van der Waals surface area contributed by atoms with Crippen molar-refractivity contribution in [3.8, 4) is 0 Å². The van der Waals surface area contributed by atoms with Gasteiger partial charge in [0.25, 0.3) is 0 Å². The summed E-state index contributed by atoms with van der Waals surface area (Å²) in [6.07, 6.45) is 4.78. The SMILES string of the molecule is CCCC=O.NCCCCC(N)C(=O)O. The Balaban J connectivity index is 0. The number of aldehydes is 1. The van der Waals surface area contributed by atoms with Gasteiger partial charge >= 0.3 is 5.97 Å². The number of aliphatic carboxylic acids is 1. The minimum absolute atomic E-state index is 0.520. The number of carbonyl (C=O) groups is 2. The van der Waals surface area contributed by atoms with Gasteiger partial charge in [0.2, 0.25) is 0 Å². The van der Waals surface area contributed by atoms with Gasteiger partial charge in [-0.25, -0.2) is 0 Å². The summed E-state index contributed by atoms with van der Waals surface area (Å²) in [5.41, 5.74) is 10.4. The molecule has 0 fully saturated rings. The molecular weight excluding hydrogens is 196 g/mol. The largest absolute Gasteiger partial charge is 0.480 e. The minimum Gasteiger partial charge on any atom is -0.480 e. The molecule has 5 heteroatoms. The van der Waals surface area contributed by atoms with Crippen LogP contribution in [0.15, 0.2) is 0 Å². The van der Waals surface area contributed by atoms with E-state index in [9.17, 15) is 9.59 Å². The van der Waals surface area contributed by atoms with Gasteiger partial charge in [-0.1, -0.05) is 13.3 Å². The number of carboxylic acid groups (broad SMARTS) is 1. The number of rotatable bonds is 7. The predicted molar refractivity (Wildman–Crippen MR) is 59.5 cm³/mol. The summed E-state index contributed by atoms with van der Waals surface area (Å²) in [5, 5.41) is 8.33. The Bertz CT molecular complexity index is 163. The molecule has 0 rings (SSSR count). The topological polar surface area (TPSA) is 106 Å². The first-order chi connectivity index (χ1) is 7.09. The average molecular weight is 218 g/mol. The smallest absolute Gasteiger partial charge is 0.320 e. The monoisotopic (exact) mass is 218 g/mol. The van der Waals surface area contributed by atoms with Gasteiger partial charge in [-0.3, -0.25) is 4.79 Å². The maximum Gasteiger partial charge on any atom is 0.320 e. The van der Waals surface area contributed by atoms with Crippen molar-refractivity contribution in [2.45, 2.75) is 45.1 Å². The number of nitrogens with two attached hydrogens (primary N) is 2. The molecule has 0 aromatic heterocycles. The molecule has 1 unspecified atom stereocenters. The molecule has 0 saturated heterocycles. The van der Waals surface area contributed by atoms with Crippen molar-refractivity contribution in [1.82, 2.24) is 0 Å². The number of carbonyl (C=O) groups excluding carboxylic acids is 1. The second-order valence-corrected chi connectivity index (χ2v) is 3.18. The van der Waals surface area contributed by atoms with Gasteiger partial charge in [-0.2, -0.15) is 0 Å². The third kappa shape index (κ3) is 15.8. The lowest BCUT2D eigenvalue weighted by Gasteiger charge is -2.03. The Morgan fingerprint density at radius 3 is 2.33 bits per heavy atom. The lowest BCUT2D eigenvalue weighted by Crippen LogP contribution is -2.29. The summed E-state index contributed by atoms with van der Waals surface area (Å²) in [5.74, 6) is -0.933. The molecular formula is C10H22N2O3. The van der Waals surface area contributed by atoms with E-state index < -0.39 is 12.0 Å². The van der Waals surface area contributed by atoms with E-state index in [0.29, 0.717) is 19.4 Å². The first-order valence-electron chi connectivity index (χ1n) is 5.22. The van der Waals surface area contributed by atoms with E-state index in [-0.39, 0.29) is 0 Å². The van der Waals surface area contributed by atoms with E-state index in [1.54, 1.807) is 0 Å². The third-order valence-electron chi connectivity index (χ3n) is 1.69. The highest BCUT2D eigenvalue weighted by Gasteiger charge is 2.09. The summed E-state index contributed by atoms with van der Waals surface area (Å²) in [6, 6.07) is -0.716. The maximum absolute atomic E-state index is 10.1. The van der Waals surface area contributed by atoms with Crippen molar-refractivity contribution in [3.05, 3.63) is 0 Å². The Hall–Kier alpha value is -0.940. The molecule has 0 heterocycles. The Morgan fingerprint density at radius 1 is 1.47 bits per heavy atom. The molecule has 90 valence electrons. The zero-order chi connectivity index (χ0) is 12.1.